The van der Waals surface area contributed by atoms with E-state index < -0.39 is 0 Å². The average molecular weight is 262 g/mol. The molecule has 0 spiro atoms. The van der Waals surface area contributed by atoms with E-state index in [4.69, 9.17) is 17.3 Å². The van der Waals surface area contributed by atoms with Gasteiger partial charge in [0.05, 0.1) is 16.8 Å². The first-order valence-corrected chi connectivity index (χ1v) is 6.64. The van der Waals surface area contributed by atoms with Crippen LogP contribution in [-0.4, -0.2) is 9.78 Å². The average Bonchev–Trinajstić information content (AvgIpc) is 3.13. The number of anilines is 1. The molecule has 18 heavy (non-hydrogen) atoms. The zero-order valence-electron chi connectivity index (χ0n) is 10.3. The van der Waals surface area contributed by atoms with E-state index in [1.165, 1.54) is 12.8 Å². The Morgan fingerprint density at radius 1 is 1.39 bits per heavy atom. The molecule has 0 saturated heterocycles. The molecule has 1 saturated carbocycles. The lowest BCUT2D eigenvalue weighted by atomic mass is 10.1. The predicted octanol–water partition coefficient (Wildman–Crippen LogP) is 3.76. The molecule has 1 aromatic carbocycles. The maximum absolute atomic E-state index is 6.18. The zero-order valence-corrected chi connectivity index (χ0v) is 11.1. The number of nitrogen functional groups attached to an aromatic ring is 1. The van der Waals surface area contributed by atoms with E-state index in [9.17, 15) is 0 Å². The van der Waals surface area contributed by atoms with Crippen LogP contribution in [0.15, 0.2) is 30.3 Å². The summed E-state index contributed by atoms with van der Waals surface area (Å²) in [5.41, 5.74) is 7.84. The summed E-state index contributed by atoms with van der Waals surface area (Å²) in [6, 6.07) is 9.99. The SMILES string of the molecule is CC(C1CC1)n1nc(-c2ccccc2Cl)cc1N. The van der Waals surface area contributed by atoms with Crippen molar-refractivity contribution >= 4 is 17.4 Å². The van der Waals surface area contributed by atoms with Crippen LogP contribution in [0, 0.1) is 5.92 Å². The topological polar surface area (TPSA) is 43.8 Å². The molecule has 3 nitrogen and oxygen atoms in total. The van der Waals surface area contributed by atoms with Crippen LogP contribution in [0.1, 0.15) is 25.8 Å². The Morgan fingerprint density at radius 3 is 2.78 bits per heavy atom. The van der Waals surface area contributed by atoms with Crippen LogP contribution in [-0.2, 0) is 0 Å². The second-order valence-electron chi connectivity index (χ2n) is 4.96. The van der Waals surface area contributed by atoms with Gasteiger partial charge in [-0.2, -0.15) is 5.10 Å². The highest BCUT2D eigenvalue weighted by Crippen LogP contribution is 2.40. The Hall–Kier alpha value is -1.48. The molecular weight excluding hydrogens is 246 g/mol. The second-order valence-corrected chi connectivity index (χ2v) is 5.36. The van der Waals surface area contributed by atoms with Crippen molar-refractivity contribution in [1.29, 1.82) is 0 Å². The maximum atomic E-state index is 6.18. The third-order valence-electron chi connectivity index (χ3n) is 3.60. The van der Waals surface area contributed by atoms with Gasteiger partial charge >= 0.3 is 0 Å². The molecule has 2 aromatic rings. The monoisotopic (exact) mass is 261 g/mol. The molecule has 0 aliphatic heterocycles. The van der Waals surface area contributed by atoms with Gasteiger partial charge in [0.2, 0.25) is 0 Å². The Morgan fingerprint density at radius 2 is 2.11 bits per heavy atom. The number of rotatable bonds is 3. The van der Waals surface area contributed by atoms with Crippen molar-refractivity contribution in [2.75, 3.05) is 5.73 Å². The largest absolute Gasteiger partial charge is 0.384 e. The van der Waals surface area contributed by atoms with Gasteiger partial charge < -0.3 is 5.73 Å². The minimum absolute atomic E-state index is 0.376. The molecule has 1 atom stereocenters. The molecule has 0 amide bonds. The number of nitrogens with zero attached hydrogens (tertiary/aromatic N) is 2. The summed E-state index contributed by atoms with van der Waals surface area (Å²) < 4.78 is 1.93. The van der Waals surface area contributed by atoms with Crippen molar-refractivity contribution in [2.45, 2.75) is 25.8 Å². The molecule has 0 bridgehead atoms. The first kappa shape index (κ1) is 11.6. The fraction of sp³-hybridized carbons (Fsp3) is 0.357. The van der Waals surface area contributed by atoms with Crippen LogP contribution >= 0.6 is 11.6 Å². The Kier molecular flexibility index (Phi) is 2.78. The van der Waals surface area contributed by atoms with Gasteiger partial charge in [-0.05, 0) is 31.7 Å². The third-order valence-corrected chi connectivity index (χ3v) is 3.93. The van der Waals surface area contributed by atoms with Crippen LogP contribution in [0.2, 0.25) is 5.02 Å². The number of hydrogen-bond acceptors (Lipinski definition) is 2. The maximum Gasteiger partial charge on any atom is 0.122 e. The summed E-state index contributed by atoms with van der Waals surface area (Å²) in [7, 11) is 0. The van der Waals surface area contributed by atoms with Crippen molar-refractivity contribution in [3.63, 3.8) is 0 Å². The van der Waals surface area contributed by atoms with Gasteiger partial charge in [0.15, 0.2) is 0 Å². The molecule has 4 heteroatoms. The standard InChI is InChI=1S/C14H16ClN3/c1-9(10-6-7-10)18-14(16)8-13(17-18)11-4-2-3-5-12(11)15/h2-5,8-10H,6-7,16H2,1H3. The molecule has 1 aliphatic rings. The summed E-state index contributed by atoms with van der Waals surface area (Å²) in [6.45, 7) is 2.18. The van der Waals surface area contributed by atoms with Gasteiger partial charge in [0, 0.05) is 11.6 Å². The first-order valence-electron chi connectivity index (χ1n) is 6.26. The molecule has 94 valence electrons. The van der Waals surface area contributed by atoms with E-state index >= 15 is 0 Å². The van der Waals surface area contributed by atoms with Gasteiger partial charge in [-0.25, -0.2) is 4.68 Å². The molecular formula is C14H16ClN3. The zero-order chi connectivity index (χ0) is 12.7. The van der Waals surface area contributed by atoms with Crippen molar-refractivity contribution in [1.82, 2.24) is 9.78 Å². The van der Waals surface area contributed by atoms with Gasteiger partial charge in [-0.3, -0.25) is 0 Å². The molecule has 2 N–H and O–H groups in total. The van der Waals surface area contributed by atoms with E-state index in [1.54, 1.807) is 0 Å². The van der Waals surface area contributed by atoms with Crippen molar-refractivity contribution in [2.24, 2.45) is 5.92 Å². The van der Waals surface area contributed by atoms with E-state index in [2.05, 4.69) is 12.0 Å². The molecule has 3 rings (SSSR count). The number of hydrogen-bond donors (Lipinski definition) is 1. The quantitative estimate of drug-likeness (QED) is 0.914. The first-order chi connectivity index (χ1) is 8.66. The number of halogens is 1. The molecule has 1 aromatic heterocycles. The van der Waals surface area contributed by atoms with E-state index in [0.717, 1.165) is 17.2 Å². The Labute approximate surface area is 112 Å². The van der Waals surface area contributed by atoms with E-state index in [0.29, 0.717) is 16.9 Å². The fourth-order valence-electron chi connectivity index (χ4n) is 2.31. The number of benzene rings is 1. The van der Waals surface area contributed by atoms with Gasteiger partial charge in [-0.15, -0.1) is 0 Å². The second kappa shape index (κ2) is 4.32. The van der Waals surface area contributed by atoms with E-state index in [-0.39, 0.29) is 0 Å². The normalized spacial score (nSPS) is 16.8. The lowest BCUT2D eigenvalue weighted by Gasteiger charge is -2.12. The number of aromatic nitrogens is 2. The summed E-state index contributed by atoms with van der Waals surface area (Å²) >= 11 is 6.18. The molecule has 1 fully saturated rings. The van der Waals surface area contributed by atoms with Crippen LogP contribution in [0.5, 0.6) is 0 Å². The fourth-order valence-corrected chi connectivity index (χ4v) is 2.55. The van der Waals surface area contributed by atoms with Crippen LogP contribution in [0.25, 0.3) is 11.3 Å². The van der Waals surface area contributed by atoms with Crippen molar-refractivity contribution in [3.8, 4) is 11.3 Å². The summed E-state index contributed by atoms with van der Waals surface area (Å²) in [4.78, 5) is 0. The van der Waals surface area contributed by atoms with E-state index in [1.807, 2.05) is 35.0 Å². The van der Waals surface area contributed by atoms with Crippen LogP contribution in [0.4, 0.5) is 5.82 Å². The Bertz CT molecular complexity index is 572. The van der Waals surface area contributed by atoms with Crippen LogP contribution < -0.4 is 5.73 Å². The highest BCUT2D eigenvalue weighted by atomic mass is 35.5. The number of nitrogens with two attached hydrogens (primary N) is 1. The lowest BCUT2D eigenvalue weighted by molar-refractivity contribution is 0.447. The molecule has 1 unspecified atom stereocenters. The smallest absolute Gasteiger partial charge is 0.122 e. The Balaban J connectivity index is 1.99. The predicted molar refractivity (Wildman–Crippen MR) is 74.5 cm³/mol. The highest BCUT2D eigenvalue weighted by Gasteiger charge is 2.30. The summed E-state index contributed by atoms with van der Waals surface area (Å²) in [5.74, 6) is 1.44. The van der Waals surface area contributed by atoms with Gasteiger partial charge in [0.25, 0.3) is 0 Å². The minimum atomic E-state index is 0.376. The van der Waals surface area contributed by atoms with Crippen molar-refractivity contribution in [3.05, 3.63) is 35.4 Å². The third kappa shape index (κ3) is 1.99. The summed E-state index contributed by atoms with van der Waals surface area (Å²) in [5, 5.41) is 5.32. The van der Waals surface area contributed by atoms with Crippen LogP contribution in [0.3, 0.4) is 0 Å². The van der Waals surface area contributed by atoms with Gasteiger partial charge in [-0.1, -0.05) is 29.8 Å². The lowest BCUT2D eigenvalue weighted by Crippen LogP contribution is -2.11. The molecule has 0 radical (unpaired) electrons. The van der Waals surface area contributed by atoms with Gasteiger partial charge in [0.1, 0.15) is 5.82 Å². The minimum Gasteiger partial charge on any atom is -0.384 e. The summed E-state index contributed by atoms with van der Waals surface area (Å²) in [6.07, 6.45) is 2.56. The van der Waals surface area contributed by atoms with Crippen molar-refractivity contribution < 1.29 is 0 Å². The molecule has 1 aliphatic carbocycles. The highest BCUT2D eigenvalue weighted by molar-refractivity contribution is 6.33. The molecule has 1 heterocycles.